The predicted molar refractivity (Wildman–Crippen MR) is 123 cm³/mol. The molecule has 0 bridgehead atoms. The first-order valence-corrected chi connectivity index (χ1v) is 9.88. The average molecular weight is 454 g/mol. The number of benzene rings is 3. The number of methoxy groups -OCH3 is 1. The Hall–Kier alpha value is -3.62. The van der Waals surface area contributed by atoms with Gasteiger partial charge in [0.25, 0.3) is 5.91 Å². The second-order valence-electron chi connectivity index (χ2n) is 6.48. The van der Waals surface area contributed by atoms with E-state index in [4.69, 9.17) is 33.0 Å². The Morgan fingerprint density at radius 3 is 2.68 bits per heavy atom. The van der Waals surface area contributed by atoms with Gasteiger partial charge in [0.1, 0.15) is 17.0 Å². The van der Waals surface area contributed by atoms with Crippen molar-refractivity contribution in [2.75, 3.05) is 12.4 Å². The van der Waals surface area contributed by atoms with Gasteiger partial charge < -0.3 is 19.6 Å². The molecule has 9 heteroatoms. The first-order chi connectivity index (χ1) is 14.9. The number of hydrogen-bond acceptors (Lipinski definition) is 6. The van der Waals surface area contributed by atoms with Gasteiger partial charge in [-0.25, -0.2) is 4.98 Å². The lowest BCUT2D eigenvalue weighted by atomic mass is 10.2. The van der Waals surface area contributed by atoms with Gasteiger partial charge in [0.05, 0.1) is 17.7 Å². The molecule has 7 nitrogen and oxygen atoms in total. The largest absolute Gasteiger partial charge is 0.507 e. The number of oxazole rings is 1. The molecule has 0 aliphatic carbocycles. The van der Waals surface area contributed by atoms with Crippen molar-refractivity contribution in [3.8, 4) is 23.0 Å². The van der Waals surface area contributed by atoms with Crippen molar-refractivity contribution in [3.05, 3.63) is 71.2 Å². The highest BCUT2D eigenvalue weighted by Gasteiger charge is 2.14. The monoisotopic (exact) mass is 453 g/mol. The minimum absolute atomic E-state index is 0.0485. The number of thiocarbonyl (C=S) groups is 1. The zero-order valence-corrected chi connectivity index (χ0v) is 17.8. The quantitative estimate of drug-likeness (QED) is 0.374. The number of ether oxygens (including phenoxy) is 1. The molecular formula is C22H16ClN3O4S. The van der Waals surface area contributed by atoms with Crippen LogP contribution in [0.1, 0.15) is 10.4 Å². The number of phenolic OH excluding ortho intramolecular Hbond substituents is 1. The number of nitrogens with one attached hydrogen (secondary N) is 2. The Kier molecular flexibility index (Phi) is 5.75. The molecule has 31 heavy (non-hydrogen) atoms. The minimum Gasteiger partial charge on any atom is -0.507 e. The summed E-state index contributed by atoms with van der Waals surface area (Å²) < 4.78 is 10.8. The summed E-state index contributed by atoms with van der Waals surface area (Å²) in [5.41, 5.74) is 2.56. The minimum atomic E-state index is -0.436. The van der Waals surface area contributed by atoms with Crippen molar-refractivity contribution in [2.45, 2.75) is 0 Å². The van der Waals surface area contributed by atoms with E-state index in [1.807, 2.05) is 18.2 Å². The molecule has 0 atom stereocenters. The molecule has 0 fully saturated rings. The van der Waals surface area contributed by atoms with Crippen LogP contribution < -0.4 is 15.4 Å². The molecule has 1 amide bonds. The maximum absolute atomic E-state index is 12.4. The molecule has 3 aromatic carbocycles. The third kappa shape index (κ3) is 4.45. The highest BCUT2D eigenvalue weighted by atomic mass is 35.5. The normalized spacial score (nSPS) is 10.6. The highest BCUT2D eigenvalue weighted by molar-refractivity contribution is 7.80. The van der Waals surface area contributed by atoms with Crippen LogP contribution in [0, 0.1) is 0 Å². The van der Waals surface area contributed by atoms with Crippen molar-refractivity contribution in [2.24, 2.45) is 0 Å². The number of para-hydroxylation sites is 2. The number of phenols is 1. The van der Waals surface area contributed by atoms with E-state index in [0.29, 0.717) is 44.6 Å². The van der Waals surface area contributed by atoms with Crippen LogP contribution in [0.15, 0.2) is 65.1 Å². The summed E-state index contributed by atoms with van der Waals surface area (Å²) >= 11 is 11.2. The van der Waals surface area contributed by atoms with E-state index >= 15 is 0 Å². The van der Waals surface area contributed by atoms with Crippen molar-refractivity contribution >= 4 is 51.6 Å². The fourth-order valence-corrected chi connectivity index (χ4v) is 3.39. The van der Waals surface area contributed by atoms with E-state index in [-0.39, 0.29) is 10.9 Å². The van der Waals surface area contributed by atoms with E-state index in [1.54, 1.807) is 30.3 Å². The fourth-order valence-electron chi connectivity index (χ4n) is 2.92. The maximum Gasteiger partial charge on any atom is 0.257 e. The number of nitrogens with zero attached hydrogens (tertiary/aromatic N) is 1. The fraction of sp³-hybridized carbons (Fsp3) is 0.0455. The molecule has 4 aromatic rings. The van der Waals surface area contributed by atoms with E-state index in [9.17, 15) is 9.90 Å². The van der Waals surface area contributed by atoms with Crippen LogP contribution in [-0.2, 0) is 0 Å². The van der Waals surface area contributed by atoms with E-state index in [1.165, 1.54) is 19.2 Å². The number of halogens is 1. The van der Waals surface area contributed by atoms with Crippen molar-refractivity contribution < 1.29 is 19.1 Å². The summed E-state index contributed by atoms with van der Waals surface area (Å²) in [6.07, 6.45) is 0. The number of aromatic nitrogens is 1. The second-order valence-corrected chi connectivity index (χ2v) is 7.29. The van der Waals surface area contributed by atoms with Crippen LogP contribution in [0.3, 0.4) is 0 Å². The summed E-state index contributed by atoms with van der Waals surface area (Å²) in [7, 11) is 1.49. The van der Waals surface area contributed by atoms with E-state index in [0.717, 1.165) is 0 Å². The molecule has 0 unspecified atom stereocenters. The van der Waals surface area contributed by atoms with Crippen LogP contribution in [-0.4, -0.2) is 28.2 Å². The van der Waals surface area contributed by atoms with Crippen molar-refractivity contribution in [1.29, 1.82) is 0 Å². The lowest BCUT2D eigenvalue weighted by Crippen LogP contribution is -2.34. The zero-order valence-electron chi connectivity index (χ0n) is 16.2. The van der Waals surface area contributed by atoms with Crippen LogP contribution in [0.4, 0.5) is 5.69 Å². The summed E-state index contributed by atoms with van der Waals surface area (Å²) in [6.45, 7) is 0. The number of aromatic hydroxyl groups is 1. The lowest BCUT2D eigenvalue weighted by molar-refractivity contribution is 0.0977. The molecule has 0 saturated carbocycles. The molecule has 4 rings (SSSR count). The van der Waals surface area contributed by atoms with Gasteiger partial charge in [-0.05, 0) is 54.7 Å². The molecule has 1 heterocycles. The van der Waals surface area contributed by atoms with Crippen LogP contribution in [0.25, 0.3) is 22.6 Å². The topological polar surface area (TPSA) is 96.6 Å². The van der Waals surface area contributed by atoms with Gasteiger partial charge in [0.15, 0.2) is 10.7 Å². The Balaban J connectivity index is 1.45. The summed E-state index contributed by atoms with van der Waals surface area (Å²) in [4.78, 5) is 16.8. The molecular weight excluding hydrogens is 438 g/mol. The first kappa shape index (κ1) is 20.6. The van der Waals surface area contributed by atoms with Gasteiger partial charge in [-0.1, -0.05) is 23.7 Å². The standard InChI is InChI=1S/C22H16ClN3O4S/c1-29-18-9-6-12(10-15(18)23)20(28)26-22(31)24-13-7-8-14(17(27)11-13)21-25-16-4-2-3-5-19(16)30-21/h2-11,27H,1H3,(H2,24,26,28,31). The van der Waals surface area contributed by atoms with Crippen LogP contribution in [0.5, 0.6) is 11.5 Å². The van der Waals surface area contributed by atoms with Gasteiger partial charge in [-0.3, -0.25) is 10.1 Å². The average Bonchev–Trinajstić information content (AvgIpc) is 3.17. The number of fused-ring (bicyclic) bond motifs is 1. The molecule has 0 aliphatic rings. The third-order valence-electron chi connectivity index (χ3n) is 4.42. The Morgan fingerprint density at radius 2 is 1.97 bits per heavy atom. The smallest absolute Gasteiger partial charge is 0.257 e. The molecule has 0 spiro atoms. The summed E-state index contributed by atoms with van der Waals surface area (Å²) in [5.74, 6) is 0.285. The number of anilines is 1. The van der Waals surface area contributed by atoms with Gasteiger partial charge in [0.2, 0.25) is 5.89 Å². The van der Waals surface area contributed by atoms with Gasteiger partial charge in [-0.2, -0.15) is 0 Å². The highest BCUT2D eigenvalue weighted by Crippen LogP contribution is 2.33. The lowest BCUT2D eigenvalue weighted by Gasteiger charge is -2.11. The summed E-state index contributed by atoms with van der Waals surface area (Å²) in [6, 6.07) is 16.8. The molecule has 0 radical (unpaired) electrons. The van der Waals surface area contributed by atoms with Gasteiger partial charge >= 0.3 is 0 Å². The molecule has 3 N–H and O–H groups in total. The first-order valence-electron chi connectivity index (χ1n) is 9.09. The predicted octanol–water partition coefficient (Wildman–Crippen LogP) is 4.99. The number of amides is 1. The van der Waals surface area contributed by atoms with E-state index in [2.05, 4.69) is 15.6 Å². The Labute approximate surface area is 187 Å². The number of carbonyl (C=O) groups is 1. The van der Waals surface area contributed by atoms with Gasteiger partial charge in [-0.15, -0.1) is 0 Å². The molecule has 0 saturated heterocycles. The van der Waals surface area contributed by atoms with Crippen LogP contribution in [0.2, 0.25) is 5.02 Å². The Morgan fingerprint density at radius 1 is 1.16 bits per heavy atom. The maximum atomic E-state index is 12.4. The second kappa shape index (κ2) is 8.63. The molecule has 156 valence electrons. The van der Waals surface area contributed by atoms with Crippen LogP contribution >= 0.6 is 23.8 Å². The summed E-state index contributed by atoms with van der Waals surface area (Å²) in [5, 5.41) is 16.2. The third-order valence-corrected chi connectivity index (χ3v) is 4.92. The Bertz CT molecular complexity index is 1270. The molecule has 0 aliphatic heterocycles. The molecule has 1 aromatic heterocycles. The number of carbonyl (C=O) groups excluding carboxylic acids is 1. The van der Waals surface area contributed by atoms with E-state index < -0.39 is 5.91 Å². The van der Waals surface area contributed by atoms with Crippen molar-refractivity contribution in [1.82, 2.24) is 10.3 Å². The number of rotatable bonds is 4. The van der Waals surface area contributed by atoms with Gasteiger partial charge in [0, 0.05) is 17.3 Å². The number of hydrogen-bond donors (Lipinski definition) is 3. The SMILES string of the molecule is COc1ccc(C(=O)NC(=S)Nc2ccc(-c3nc4ccccc4o3)c(O)c2)cc1Cl. The van der Waals surface area contributed by atoms with Crippen molar-refractivity contribution in [3.63, 3.8) is 0 Å². The zero-order chi connectivity index (χ0) is 22.0.